The lowest BCUT2D eigenvalue weighted by atomic mass is 10.0. The zero-order valence-electron chi connectivity index (χ0n) is 15.9. The summed E-state index contributed by atoms with van der Waals surface area (Å²) in [7, 11) is 1.82. The minimum atomic E-state index is -0.910. The second kappa shape index (κ2) is 7.88. The van der Waals surface area contributed by atoms with E-state index in [0.29, 0.717) is 30.7 Å². The summed E-state index contributed by atoms with van der Waals surface area (Å²) in [6.45, 7) is 0.643. The standard InChI is InChI=1S/C21H21F2N3O3/c1-26-6-4-14-13(8-12-2-3-15(22)16(23)9-12)10-18(24-20(14)26)21(28)25-17-5-7-29-11-19(17)27/h2-4,6,9-10,17,19,27H,5,7-8,11H2,1H3,(H,25,28). The van der Waals surface area contributed by atoms with Crippen LogP contribution in [0.2, 0.25) is 0 Å². The Kier molecular flexibility index (Phi) is 5.29. The van der Waals surface area contributed by atoms with Crippen LogP contribution in [0.25, 0.3) is 11.0 Å². The highest BCUT2D eigenvalue weighted by atomic mass is 19.2. The van der Waals surface area contributed by atoms with Gasteiger partial charge in [0.2, 0.25) is 0 Å². The van der Waals surface area contributed by atoms with Crippen LogP contribution >= 0.6 is 0 Å². The number of benzene rings is 1. The molecule has 3 heterocycles. The van der Waals surface area contributed by atoms with Crippen LogP contribution < -0.4 is 5.32 Å². The minimum absolute atomic E-state index is 0.177. The first kappa shape index (κ1) is 19.5. The lowest BCUT2D eigenvalue weighted by Gasteiger charge is -2.28. The van der Waals surface area contributed by atoms with Gasteiger partial charge in [-0.1, -0.05) is 6.07 Å². The summed E-state index contributed by atoms with van der Waals surface area (Å²) in [4.78, 5) is 17.3. The molecule has 0 spiro atoms. The fourth-order valence-electron chi connectivity index (χ4n) is 3.57. The topological polar surface area (TPSA) is 76.4 Å². The molecule has 1 amide bonds. The number of aryl methyl sites for hydroxylation is 1. The Balaban J connectivity index is 1.67. The monoisotopic (exact) mass is 401 g/mol. The minimum Gasteiger partial charge on any atom is -0.389 e. The molecular formula is C21H21F2N3O3. The maximum Gasteiger partial charge on any atom is 0.270 e. The number of aliphatic hydroxyl groups excluding tert-OH is 1. The molecule has 0 saturated carbocycles. The van der Waals surface area contributed by atoms with E-state index in [1.54, 1.807) is 10.6 Å². The number of nitrogens with zero attached hydrogens (tertiary/aromatic N) is 2. The Labute approximate surface area is 166 Å². The molecule has 0 bridgehead atoms. The van der Waals surface area contributed by atoms with Crippen LogP contribution in [0.15, 0.2) is 36.5 Å². The molecule has 3 aromatic rings. The summed E-state index contributed by atoms with van der Waals surface area (Å²) < 4.78 is 33.8. The Morgan fingerprint density at radius 2 is 2.14 bits per heavy atom. The molecule has 2 N–H and O–H groups in total. The van der Waals surface area contributed by atoms with Crippen LogP contribution in [0.1, 0.15) is 28.0 Å². The zero-order chi connectivity index (χ0) is 20.5. The summed E-state index contributed by atoms with van der Waals surface area (Å²) >= 11 is 0. The number of pyridine rings is 1. The number of ether oxygens (including phenoxy) is 1. The summed E-state index contributed by atoms with van der Waals surface area (Å²) in [5.41, 5.74) is 2.18. The van der Waals surface area contributed by atoms with Crippen LogP contribution in [0, 0.1) is 11.6 Å². The van der Waals surface area contributed by atoms with E-state index < -0.39 is 29.7 Å². The maximum atomic E-state index is 13.6. The lowest BCUT2D eigenvalue weighted by Crippen LogP contribution is -2.48. The Hall–Kier alpha value is -2.84. The van der Waals surface area contributed by atoms with E-state index in [4.69, 9.17) is 4.74 Å². The lowest BCUT2D eigenvalue weighted by molar-refractivity contribution is -0.0261. The normalized spacial score (nSPS) is 19.4. The van der Waals surface area contributed by atoms with E-state index in [9.17, 15) is 18.7 Å². The third-order valence-corrected chi connectivity index (χ3v) is 5.18. The molecule has 1 aliphatic rings. The molecule has 4 rings (SSSR count). The number of halogens is 2. The van der Waals surface area contributed by atoms with Crippen molar-refractivity contribution in [1.29, 1.82) is 0 Å². The molecular weight excluding hydrogens is 380 g/mol. The quantitative estimate of drug-likeness (QED) is 0.704. The molecule has 2 aromatic heterocycles. The zero-order valence-corrected chi connectivity index (χ0v) is 15.9. The summed E-state index contributed by atoms with van der Waals surface area (Å²) in [6.07, 6.45) is 1.89. The third kappa shape index (κ3) is 3.99. The number of hydrogen-bond acceptors (Lipinski definition) is 4. The van der Waals surface area contributed by atoms with Gasteiger partial charge in [0.05, 0.1) is 18.8 Å². The van der Waals surface area contributed by atoms with Gasteiger partial charge in [-0.25, -0.2) is 13.8 Å². The molecule has 29 heavy (non-hydrogen) atoms. The van der Waals surface area contributed by atoms with Gasteiger partial charge in [0, 0.05) is 25.2 Å². The van der Waals surface area contributed by atoms with Crippen molar-refractivity contribution in [3.63, 3.8) is 0 Å². The first-order valence-corrected chi connectivity index (χ1v) is 9.38. The average Bonchev–Trinajstić information content (AvgIpc) is 3.08. The van der Waals surface area contributed by atoms with Gasteiger partial charge in [0.25, 0.3) is 5.91 Å². The van der Waals surface area contributed by atoms with Crippen LogP contribution in [0.5, 0.6) is 0 Å². The number of aliphatic hydroxyl groups is 1. The second-order valence-electron chi connectivity index (χ2n) is 7.27. The number of aromatic nitrogens is 2. The Morgan fingerprint density at radius 1 is 1.31 bits per heavy atom. The summed E-state index contributed by atoms with van der Waals surface area (Å²) in [5, 5.41) is 13.7. The van der Waals surface area contributed by atoms with Crippen molar-refractivity contribution >= 4 is 16.9 Å². The van der Waals surface area contributed by atoms with Crippen LogP contribution in [-0.4, -0.2) is 45.9 Å². The number of fused-ring (bicyclic) bond motifs is 1. The van der Waals surface area contributed by atoms with Crippen molar-refractivity contribution in [3.8, 4) is 0 Å². The maximum absolute atomic E-state index is 13.6. The molecule has 0 radical (unpaired) electrons. The van der Waals surface area contributed by atoms with Gasteiger partial charge in [0.15, 0.2) is 11.6 Å². The van der Waals surface area contributed by atoms with Gasteiger partial charge in [-0.3, -0.25) is 4.79 Å². The van der Waals surface area contributed by atoms with E-state index in [2.05, 4.69) is 10.3 Å². The number of amides is 1. The van der Waals surface area contributed by atoms with Crippen molar-refractivity contribution < 1.29 is 23.4 Å². The third-order valence-electron chi connectivity index (χ3n) is 5.18. The summed E-state index contributed by atoms with van der Waals surface area (Å²) in [6, 6.07) is 6.89. The average molecular weight is 401 g/mol. The van der Waals surface area contributed by atoms with Crippen LogP contribution in [-0.2, 0) is 18.2 Å². The number of carbonyl (C=O) groups excluding carboxylic acids is 1. The Morgan fingerprint density at radius 3 is 2.90 bits per heavy atom. The Bertz CT molecular complexity index is 1070. The highest BCUT2D eigenvalue weighted by Crippen LogP contribution is 2.23. The highest BCUT2D eigenvalue weighted by molar-refractivity contribution is 5.95. The van der Waals surface area contributed by atoms with E-state index in [0.717, 1.165) is 23.1 Å². The first-order valence-electron chi connectivity index (χ1n) is 9.38. The summed E-state index contributed by atoms with van der Waals surface area (Å²) in [5.74, 6) is -2.21. The second-order valence-corrected chi connectivity index (χ2v) is 7.27. The van der Waals surface area contributed by atoms with E-state index >= 15 is 0 Å². The number of hydrogen-bond donors (Lipinski definition) is 2. The molecule has 6 nitrogen and oxygen atoms in total. The smallest absolute Gasteiger partial charge is 0.270 e. The highest BCUT2D eigenvalue weighted by Gasteiger charge is 2.26. The molecule has 1 fully saturated rings. The van der Waals surface area contributed by atoms with E-state index in [-0.39, 0.29) is 12.3 Å². The van der Waals surface area contributed by atoms with E-state index in [1.165, 1.54) is 6.07 Å². The molecule has 1 aromatic carbocycles. The van der Waals surface area contributed by atoms with Crippen LogP contribution in [0.3, 0.4) is 0 Å². The van der Waals surface area contributed by atoms with Crippen molar-refractivity contribution in [2.75, 3.05) is 13.2 Å². The SMILES string of the molecule is Cn1ccc2c(Cc3ccc(F)c(F)c3)cc(C(=O)NC3CCOCC3O)nc21. The van der Waals surface area contributed by atoms with Gasteiger partial charge >= 0.3 is 0 Å². The van der Waals surface area contributed by atoms with E-state index in [1.807, 2.05) is 19.3 Å². The van der Waals surface area contributed by atoms with Gasteiger partial charge < -0.3 is 19.7 Å². The number of rotatable bonds is 4. The largest absolute Gasteiger partial charge is 0.389 e. The predicted molar refractivity (Wildman–Crippen MR) is 103 cm³/mol. The predicted octanol–water partition coefficient (Wildman–Crippen LogP) is 2.32. The molecule has 2 unspecified atom stereocenters. The fourth-order valence-corrected chi connectivity index (χ4v) is 3.57. The molecule has 2 atom stereocenters. The van der Waals surface area contributed by atoms with Gasteiger partial charge in [-0.05, 0) is 48.2 Å². The van der Waals surface area contributed by atoms with Gasteiger partial charge in [-0.15, -0.1) is 0 Å². The number of nitrogens with one attached hydrogen (secondary N) is 1. The van der Waals surface area contributed by atoms with Gasteiger partial charge in [0.1, 0.15) is 11.3 Å². The molecule has 1 aliphatic heterocycles. The fraction of sp³-hybridized carbons (Fsp3) is 0.333. The van der Waals surface area contributed by atoms with Gasteiger partial charge in [-0.2, -0.15) is 0 Å². The van der Waals surface area contributed by atoms with Crippen molar-refractivity contribution in [1.82, 2.24) is 14.9 Å². The first-order chi connectivity index (χ1) is 13.9. The van der Waals surface area contributed by atoms with Crippen molar-refractivity contribution in [3.05, 3.63) is 65.0 Å². The molecule has 0 aliphatic carbocycles. The van der Waals surface area contributed by atoms with Crippen molar-refractivity contribution in [2.45, 2.75) is 25.0 Å². The van der Waals surface area contributed by atoms with Crippen LogP contribution in [0.4, 0.5) is 8.78 Å². The molecule has 1 saturated heterocycles. The number of carbonyl (C=O) groups is 1. The molecule has 152 valence electrons. The molecule has 8 heteroatoms. The van der Waals surface area contributed by atoms with Crippen molar-refractivity contribution in [2.24, 2.45) is 7.05 Å².